The SMILES string of the molecule is CC(C)COc1ccccc1CN1CCC2(CCN(C(=O)Cc3cc(F)cc(F)c3)CC2)C1.O=C(O)C(F)(F)F. The van der Waals surface area contributed by atoms with E-state index in [-0.39, 0.29) is 17.7 Å². The second kappa shape index (κ2) is 13.4. The highest BCUT2D eigenvalue weighted by Crippen LogP contribution is 2.41. The van der Waals surface area contributed by atoms with E-state index in [1.807, 2.05) is 11.0 Å². The summed E-state index contributed by atoms with van der Waals surface area (Å²) in [5.74, 6) is -2.63. The Kier molecular flexibility index (Phi) is 10.5. The van der Waals surface area contributed by atoms with Gasteiger partial charge in [-0.3, -0.25) is 9.69 Å². The van der Waals surface area contributed by atoms with Gasteiger partial charge in [0.2, 0.25) is 5.91 Å². The van der Waals surface area contributed by atoms with Gasteiger partial charge in [-0.15, -0.1) is 0 Å². The fraction of sp³-hybridized carbons (Fsp3) is 0.517. The van der Waals surface area contributed by atoms with Gasteiger partial charge in [-0.05, 0) is 60.9 Å². The molecule has 4 rings (SSSR count). The van der Waals surface area contributed by atoms with Crippen molar-refractivity contribution >= 4 is 11.9 Å². The second-order valence-electron chi connectivity index (χ2n) is 10.9. The predicted octanol–water partition coefficient (Wildman–Crippen LogP) is 5.69. The number of carbonyl (C=O) groups is 2. The summed E-state index contributed by atoms with van der Waals surface area (Å²) in [6.07, 6.45) is -1.96. The third-order valence-electron chi connectivity index (χ3n) is 7.15. The van der Waals surface area contributed by atoms with Crippen LogP contribution in [0.15, 0.2) is 42.5 Å². The Balaban J connectivity index is 0.000000559. The molecule has 0 aromatic heterocycles. The minimum Gasteiger partial charge on any atom is -0.493 e. The lowest BCUT2D eigenvalue weighted by Crippen LogP contribution is -2.44. The molecule has 2 heterocycles. The monoisotopic (exact) mass is 570 g/mol. The maximum Gasteiger partial charge on any atom is 0.490 e. The van der Waals surface area contributed by atoms with Crippen LogP contribution in [0.4, 0.5) is 22.0 Å². The van der Waals surface area contributed by atoms with Gasteiger partial charge >= 0.3 is 12.1 Å². The van der Waals surface area contributed by atoms with E-state index >= 15 is 0 Å². The maximum absolute atomic E-state index is 13.4. The molecular weight excluding hydrogens is 535 g/mol. The molecule has 2 aliphatic heterocycles. The van der Waals surface area contributed by atoms with Crippen LogP contribution in [-0.2, 0) is 22.6 Å². The Hall–Kier alpha value is -3.21. The molecule has 2 fully saturated rings. The van der Waals surface area contributed by atoms with Crippen molar-refractivity contribution in [3.63, 3.8) is 0 Å². The molecule has 0 radical (unpaired) electrons. The summed E-state index contributed by atoms with van der Waals surface area (Å²) in [6.45, 7) is 9.40. The number of nitrogens with zero attached hydrogens (tertiary/aromatic N) is 2. The smallest absolute Gasteiger partial charge is 0.490 e. The van der Waals surface area contributed by atoms with Crippen LogP contribution in [0.2, 0.25) is 0 Å². The molecule has 0 saturated carbocycles. The normalized spacial score (nSPS) is 17.1. The van der Waals surface area contributed by atoms with E-state index in [0.717, 1.165) is 50.7 Å². The van der Waals surface area contributed by atoms with Crippen LogP contribution in [0, 0.1) is 23.0 Å². The van der Waals surface area contributed by atoms with Gasteiger partial charge in [-0.25, -0.2) is 13.6 Å². The molecule has 1 amide bonds. The van der Waals surface area contributed by atoms with Crippen molar-refractivity contribution < 1.29 is 41.4 Å². The number of ether oxygens (including phenoxy) is 1. The summed E-state index contributed by atoms with van der Waals surface area (Å²) >= 11 is 0. The number of carboxylic acid groups (broad SMARTS) is 1. The third-order valence-corrected chi connectivity index (χ3v) is 7.15. The largest absolute Gasteiger partial charge is 0.493 e. The van der Waals surface area contributed by atoms with Crippen molar-refractivity contribution in [2.45, 2.75) is 52.3 Å². The molecule has 0 aliphatic carbocycles. The molecule has 0 atom stereocenters. The van der Waals surface area contributed by atoms with E-state index in [1.165, 1.54) is 17.7 Å². The molecule has 0 bridgehead atoms. The predicted molar refractivity (Wildman–Crippen MR) is 139 cm³/mol. The number of piperidine rings is 1. The van der Waals surface area contributed by atoms with Gasteiger partial charge in [0.05, 0.1) is 13.0 Å². The minimum absolute atomic E-state index is 0.0426. The average molecular weight is 571 g/mol. The van der Waals surface area contributed by atoms with E-state index in [0.29, 0.717) is 31.2 Å². The lowest BCUT2D eigenvalue weighted by atomic mass is 9.77. The fourth-order valence-electron chi connectivity index (χ4n) is 5.07. The number of carboxylic acids is 1. The molecular formula is C29H35F5N2O4. The summed E-state index contributed by atoms with van der Waals surface area (Å²) in [5, 5.41) is 7.12. The van der Waals surface area contributed by atoms with E-state index in [4.69, 9.17) is 14.6 Å². The maximum atomic E-state index is 13.4. The van der Waals surface area contributed by atoms with Crippen molar-refractivity contribution in [1.29, 1.82) is 0 Å². The summed E-state index contributed by atoms with van der Waals surface area (Å²) in [6, 6.07) is 11.6. The summed E-state index contributed by atoms with van der Waals surface area (Å²) < 4.78 is 64.6. The molecule has 2 saturated heterocycles. The average Bonchev–Trinajstić information content (AvgIpc) is 3.24. The van der Waals surface area contributed by atoms with Crippen LogP contribution < -0.4 is 4.74 Å². The van der Waals surface area contributed by atoms with Gasteiger partial charge < -0.3 is 14.7 Å². The van der Waals surface area contributed by atoms with Crippen LogP contribution in [0.5, 0.6) is 5.75 Å². The minimum atomic E-state index is -5.08. The van der Waals surface area contributed by atoms with Crippen molar-refractivity contribution in [3.05, 3.63) is 65.2 Å². The number of amides is 1. The molecule has 0 unspecified atom stereocenters. The lowest BCUT2D eigenvalue weighted by molar-refractivity contribution is -0.192. The van der Waals surface area contributed by atoms with Gasteiger partial charge in [-0.1, -0.05) is 32.0 Å². The van der Waals surface area contributed by atoms with Gasteiger partial charge in [0.15, 0.2) is 0 Å². The number of benzene rings is 2. The molecule has 40 heavy (non-hydrogen) atoms. The van der Waals surface area contributed by atoms with E-state index in [1.54, 1.807) is 0 Å². The Morgan fingerprint density at radius 2 is 1.57 bits per heavy atom. The number of hydrogen-bond acceptors (Lipinski definition) is 4. The van der Waals surface area contributed by atoms with Crippen molar-refractivity contribution in [2.24, 2.45) is 11.3 Å². The molecule has 220 valence electrons. The van der Waals surface area contributed by atoms with Crippen molar-refractivity contribution in [2.75, 3.05) is 32.8 Å². The Bertz CT molecular complexity index is 1140. The molecule has 2 aromatic rings. The van der Waals surface area contributed by atoms with E-state index in [2.05, 4.69) is 36.9 Å². The van der Waals surface area contributed by atoms with Crippen LogP contribution in [0.1, 0.15) is 44.2 Å². The highest BCUT2D eigenvalue weighted by Gasteiger charge is 2.41. The summed E-state index contributed by atoms with van der Waals surface area (Å²) in [7, 11) is 0. The molecule has 2 aromatic carbocycles. The number of alkyl halides is 3. The van der Waals surface area contributed by atoms with Gasteiger partial charge in [0.1, 0.15) is 17.4 Å². The first-order valence-electron chi connectivity index (χ1n) is 13.2. The first-order valence-corrected chi connectivity index (χ1v) is 13.2. The van der Waals surface area contributed by atoms with Gasteiger partial charge in [0, 0.05) is 37.8 Å². The number of hydrogen-bond donors (Lipinski definition) is 1. The quantitative estimate of drug-likeness (QED) is 0.434. The molecule has 1 spiro atoms. The fourth-order valence-corrected chi connectivity index (χ4v) is 5.07. The van der Waals surface area contributed by atoms with Crippen LogP contribution >= 0.6 is 0 Å². The topological polar surface area (TPSA) is 70.1 Å². The number of aliphatic carboxylic acids is 1. The molecule has 2 aliphatic rings. The highest BCUT2D eigenvalue weighted by molar-refractivity contribution is 5.78. The molecule has 1 N–H and O–H groups in total. The molecule has 11 heteroatoms. The van der Waals surface area contributed by atoms with Gasteiger partial charge in [-0.2, -0.15) is 13.2 Å². The van der Waals surface area contributed by atoms with Crippen LogP contribution in [0.3, 0.4) is 0 Å². The lowest BCUT2D eigenvalue weighted by Gasteiger charge is -2.39. The zero-order valence-corrected chi connectivity index (χ0v) is 22.6. The summed E-state index contributed by atoms with van der Waals surface area (Å²) in [4.78, 5) is 26.0. The first-order chi connectivity index (χ1) is 18.8. The highest BCUT2D eigenvalue weighted by atomic mass is 19.4. The van der Waals surface area contributed by atoms with E-state index in [9.17, 15) is 26.7 Å². The zero-order chi connectivity index (χ0) is 29.5. The third kappa shape index (κ3) is 9.18. The first kappa shape index (κ1) is 31.3. The number of halogens is 5. The number of para-hydroxylation sites is 1. The van der Waals surface area contributed by atoms with E-state index < -0.39 is 23.8 Å². The Morgan fingerprint density at radius 1 is 1.00 bits per heavy atom. The number of likely N-dealkylation sites (tertiary alicyclic amines) is 2. The number of carbonyl (C=O) groups excluding carboxylic acids is 1. The van der Waals surface area contributed by atoms with Crippen LogP contribution in [0.25, 0.3) is 0 Å². The number of rotatable bonds is 7. The van der Waals surface area contributed by atoms with Crippen LogP contribution in [-0.4, -0.2) is 65.7 Å². The van der Waals surface area contributed by atoms with Crippen molar-refractivity contribution in [1.82, 2.24) is 9.80 Å². The summed E-state index contributed by atoms with van der Waals surface area (Å²) in [5.41, 5.74) is 1.86. The second-order valence-corrected chi connectivity index (χ2v) is 10.9. The standard InChI is InChI=1S/C27H34F2N2O2.C2HF3O2/c1-20(2)18-33-25-6-4-3-5-22(25)17-30-10-7-27(19-30)8-11-31(12-9-27)26(32)15-21-13-23(28)16-24(29)14-21;3-2(4,5)1(6)7/h3-6,13-14,16,20H,7-12,15,17-19H2,1-2H3;(H,6,7). The Labute approximate surface area is 230 Å². The van der Waals surface area contributed by atoms with Gasteiger partial charge in [0.25, 0.3) is 0 Å². The zero-order valence-electron chi connectivity index (χ0n) is 22.6. The van der Waals surface area contributed by atoms with Crippen molar-refractivity contribution in [3.8, 4) is 5.75 Å². The molecule has 6 nitrogen and oxygen atoms in total. The Morgan fingerprint density at radius 3 is 2.15 bits per heavy atom.